The number of nitrogens with one attached hydrogen (secondary N) is 1. The van der Waals surface area contributed by atoms with Crippen molar-refractivity contribution in [3.63, 3.8) is 0 Å². The van der Waals surface area contributed by atoms with Crippen molar-refractivity contribution >= 4 is 5.91 Å². The molecule has 1 amide bonds. The minimum absolute atomic E-state index is 0.121. The molecule has 1 N–H and O–H groups in total. The number of nitrogens with zero attached hydrogens (tertiary/aromatic N) is 2. The van der Waals surface area contributed by atoms with Gasteiger partial charge in [-0.15, -0.1) is 10.2 Å². The van der Waals surface area contributed by atoms with Crippen LogP contribution in [0, 0.1) is 12.7 Å². The van der Waals surface area contributed by atoms with Gasteiger partial charge in [0.15, 0.2) is 0 Å². The Morgan fingerprint density at radius 3 is 2.94 bits per heavy atom. The van der Waals surface area contributed by atoms with Crippen molar-refractivity contribution in [2.24, 2.45) is 0 Å². The first-order valence-corrected chi connectivity index (χ1v) is 4.98. The Kier molecular flexibility index (Phi) is 3.13. The summed E-state index contributed by atoms with van der Waals surface area (Å²) in [6, 6.07) is 5.44. The summed E-state index contributed by atoms with van der Waals surface area (Å²) in [5.41, 5.74) is 0.251. The number of aryl methyl sites for hydroxylation is 1. The van der Waals surface area contributed by atoms with Gasteiger partial charge in [-0.3, -0.25) is 4.79 Å². The Morgan fingerprint density at radius 2 is 2.29 bits per heavy atom. The first-order chi connectivity index (χ1) is 8.15. The van der Waals surface area contributed by atoms with Gasteiger partial charge in [-0.1, -0.05) is 6.07 Å². The molecule has 17 heavy (non-hydrogen) atoms. The maximum absolute atomic E-state index is 12.9. The van der Waals surface area contributed by atoms with Gasteiger partial charge in [0.05, 0.1) is 6.54 Å². The van der Waals surface area contributed by atoms with E-state index in [4.69, 9.17) is 4.42 Å². The van der Waals surface area contributed by atoms with Gasteiger partial charge in [-0.2, -0.15) is 0 Å². The zero-order chi connectivity index (χ0) is 12.3. The number of carbonyl (C=O) groups excluding carboxylic acids is 1. The van der Waals surface area contributed by atoms with E-state index in [2.05, 4.69) is 15.5 Å². The van der Waals surface area contributed by atoms with Crippen molar-refractivity contribution in [1.82, 2.24) is 15.5 Å². The van der Waals surface area contributed by atoms with Gasteiger partial charge in [0, 0.05) is 12.5 Å². The zero-order valence-electron chi connectivity index (χ0n) is 9.11. The molecule has 0 saturated carbocycles. The monoisotopic (exact) mass is 235 g/mol. The van der Waals surface area contributed by atoms with E-state index in [9.17, 15) is 9.18 Å². The Bertz CT molecular complexity index is 539. The Labute approximate surface area is 96.7 Å². The van der Waals surface area contributed by atoms with Crippen molar-refractivity contribution in [3.05, 3.63) is 47.4 Å². The third kappa shape index (κ3) is 2.87. The lowest BCUT2D eigenvalue weighted by Crippen LogP contribution is -2.23. The Hall–Kier alpha value is -2.24. The summed E-state index contributed by atoms with van der Waals surface area (Å²) in [7, 11) is 0. The second-order valence-corrected chi connectivity index (χ2v) is 3.41. The van der Waals surface area contributed by atoms with Crippen LogP contribution in [0.15, 0.2) is 28.7 Å². The van der Waals surface area contributed by atoms with Gasteiger partial charge in [0.25, 0.3) is 5.91 Å². The number of carbonyl (C=O) groups is 1. The fourth-order valence-electron chi connectivity index (χ4n) is 1.30. The molecule has 6 heteroatoms. The molecule has 1 aromatic carbocycles. The van der Waals surface area contributed by atoms with E-state index >= 15 is 0 Å². The molecule has 0 aliphatic heterocycles. The normalized spacial score (nSPS) is 10.2. The van der Waals surface area contributed by atoms with Crippen LogP contribution in [0.5, 0.6) is 0 Å². The highest BCUT2D eigenvalue weighted by atomic mass is 19.1. The third-order valence-corrected chi connectivity index (χ3v) is 2.05. The predicted octanol–water partition coefficient (Wildman–Crippen LogP) is 1.45. The summed E-state index contributed by atoms with van der Waals surface area (Å²) in [6.07, 6.45) is 0. The van der Waals surface area contributed by atoms with Crippen LogP contribution in [-0.2, 0) is 6.54 Å². The summed E-state index contributed by atoms with van der Waals surface area (Å²) in [5, 5.41) is 9.90. The standard InChI is InChI=1S/C11H10FN3O2/c1-7-14-15-10(17-7)6-13-11(16)8-3-2-4-9(12)5-8/h2-5H,6H2,1H3,(H,13,16). The van der Waals surface area contributed by atoms with Crippen LogP contribution >= 0.6 is 0 Å². The second kappa shape index (κ2) is 4.73. The van der Waals surface area contributed by atoms with Gasteiger partial charge in [-0.05, 0) is 18.2 Å². The molecule has 88 valence electrons. The fourth-order valence-corrected chi connectivity index (χ4v) is 1.30. The quantitative estimate of drug-likeness (QED) is 0.874. The largest absolute Gasteiger partial charge is 0.424 e. The minimum atomic E-state index is -0.453. The van der Waals surface area contributed by atoms with E-state index in [1.54, 1.807) is 6.92 Å². The van der Waals surface area contributed by atoms with E-state index in [-0.39, 0.29) is 18.0 Å². The van der Waals surface area contributed by atoms with Gasteiger partial charge >= 0.3 is 0 Å². The predicted molar refractivity (Wildman–Crippen MR) is 56.6 cm³/mol. The summed E-state index contributed by atoms with van der Waals surface area (Å²) >= 11 is 0. The molecule has 0 bridgehead atoms. The smallest absolute Gasteiger partial charge is 0.251 e. The molecule has 0 aliphatic carbocycles. The SMILES string of the molecule is Cc1nnc(CNC(=O)c2cccc(F)c2)o1. The Morgan fingerprint density at radius 1 is 1.47 bits per heavy atom. The number of hydrogen-bond donors (Lipinski definition) is 1. The molecule has 1 heterocycles. The molecular weight excluding hydrogens is 225 g/mol. The lowest BCUT2D eigenvalue weighted by Gasteiger charge is -2.02. The fraction of sp³-hybridized carbons (Fsp3) is 0.182. The van der Waals surface area contributed by atoms with Gasteiger partial charge in [0.1, 0.15) is 5.82 Å². The van der Waals surface area contributed by atoms with Crippen molar-refractivity contribution in [2.75, 3.05) is 0 Å². The number of amides is 1. The van der Waals surface area contributed by atoms with E-state index < -0.39 is 5.82 Å². The average Bonchev–Trinajstić information content (AvgIpc) is 2.72. The molecule has 5 nitrogen and oxygen atoms in total. The molecule has 0 radical (unpaired) electrons. The summed E-state index contributed by atoms with van der Waals surface area (Å²) in [6.45, 7) is 1.78. The molecular formula is C11H10FN3O2. The zero-order valence-corrected chi connectivity index (χ0v) is 9.11. The van der Waals surface area contributed by atoms with Crippen LogP contribution in [0.2, 0.25) is 0 Å². The molecule has 2 aromatic rings. The lowest BCUT2D eigenvalue weighted by molar-refractivity contribution is 0.0946. The van der Waals surface area contributed by atoms with Gasteiger partial charge in [-0.25, -0.2) is 4.39 Å². The number of rotatable bonds is 3. The van der Waals surface area contributed by atoms with E-state index in [1.165, 1.54) is 18.2 Å². The van der Waals surface area contributed by atoms with Crippen LogP contribution in [0.1, 0.15) is 22.1 Å². The lowest BCUT2D eigenvalue weighted by atomic mass is 10.2. The number of aromatic nitrogens is 2. The highest BCUT2D eigenvalue weighted by Gasteiger charge is 2.08. The van der Waals surface area contributed by atoms with Gasteiger partial charge < -0.3 is 9.73 Å². The topological polar surface area (TPSA) is 68.0 Å². The van der Waals surface area contributed by atoms with Crippen LogP contribution in [0.4, 0.5) is 4.39 Å². The maximum Gasteiger partial charge on any atom is 0.251 e. The van der Waals surface area contributed by atoms with Crippen molar-refractivity contribution < 1.29 is 13.6 Å². The molecule has 0 atom stereocenters. The van der Waals surface area contributed by atoms with Crippen molar-refractivity contribution in [2.45, 2.75) is 13.5 Å². The average molecular weight is 235 g/mol. The molecule has 0 fully saturated rings. The van der Waals surface area contributed by atoms with E-state index in [0.717, 1.165) is 6.07 Å². The van der Waals surface area contributed by atoms with Gasteiger partial charge in [0.2, 0.25) is 11.8 Å². The molecule has 0 spiro atoms. The minimum Gasteiger partial charge on any atom is -0.424 e. The summed E-state index contributed by atoms with van der Waals surface area (Å²) in [5.74, 6) is -0.0982. The first-order valence-electron chi connectivity index (χ1n) is 4.98. The number of halogens is 1. The van der Waals surface area contributed by atoms with Crippen molar-refractivity contribution in [1.29, 1.82) is 0 Å². The first kappa shape index (κ1) is 11.3. The van der Waals surface area contributed by atoms with Crippen LogP contribution < -0.4 is 5.32 Å². The van der Waals surface area contributed by atoms with Crippen LogP contribution in [0.3, 0.4) is 0 Å². The number of hydrogen-bond acceptors (Lipinski definition) is 4. The molecule has 0 unspecified atom stereocenters. The Balaban J connectivity index is 1.98. The van der Waals surface area contributed by atoms with Crippen LogP contribution in [-0.4, -0.2) is 16.1 Å². The van der Waals surface area contributed by atoms with E-state index in [1.807, 2.05) is 0 Å². The summed E-state index contributed by atoms with van der Waals surface area (Å²) in [4.78, 5) is 11.6. The molecule has 0 saturated heterocycles. The molecule has 2 rings (SSSR count). The molecule has 1 aromatic heterocycles. The van der Waals surface area contributed by atoms with Crippen molar-refractivity contribution in [3.8, 4) is 0 Å². The maximum atomic E-state index is 12.9. The molecule has 0 aliphatic rings. The highest BCUT2D eigenvalue weighted by molar-refractivity contribution is 5.94. The second-order valence-electron chi connectivity index (χ2n) is 3.41. The van der Waals surface area contributed by atoms with E-state index in [0.29, 0.717) is 11.8 Å². The number of benzene rings is 1. The third-order valence-electron chi connectivity index (χ3n) is 2.05. The van der Waals surface area contributed by atoms with Crippen LogP contribution in [0.25, 0.3) is 0 Å². The highest BCUT2D eigenvalue weighted by Crippen LogP contribution is 2.04. The summed E-state index contributed by atoms with van der Waals surface area (Å²) < 4.78 is 18.0.